The van der Waals surface area contributed by atoms with Crippen molar-refractivity contribution in [2.45, 2.75) is 51.9 Å². The fraction of sp³-hybridized carbons (Fsp3) is 0.480. The summed E-state index contributed by atoms with van der Waals surface area (Å²) in [5.74, 6) is -1.27. The highest BCUT2D eigenvalue weighted by Gasteiger charge is 2.35. The Morgan fingerprint density at radius 2 is 2.00 bits per heavy atom. The quantitative estimate of drug-likeness (QED) is 0.409. The topological polar surface area (TPSA) is 133 Å². The van der Waals surface area contributed by atoms with E-state index in [0.29, 0.717) is 29.7 Å². The number of ether oxygens (including phenoxy) is 1. The minimum Gasteiger partial charge on any atom is -0.462 e. The van der Waals surface area contributed by atoms with Crippen molar-refractivity contribution in [2.75, 3.05) is 35.2 Å². The maximum absolute atomic E-state index is 13.1. The number of amides is 2. The molecule has 35 heavy (non-hydrogen) atoms. The largest absolute Gasteiger partial charge is 0.462 e. The lowest BCUT2D eigenvalue weighted by Gasteiger charge is -2.32. The Hall–Kier alpha value is -3.69. The summed E-state index contributed by atoms with van der Waals surface area (Å²) in [4.78, 5) is 59.8. The number of carbonyl (C=O) groups is 3. The first-order valence-corrected chi connectivity index (χ1v) is 12.1. The molecule has 2 aliphatic heterocycles. The van der Waals surface area contributed by atoms with Gasteiger partial charge in [-0.25, -0.2) is 4.79 Å². The summed E-state index contributed by atoms with van der Waals surface area (Å²) in [6.45, 7) is 6.05. The molecule has 2 aliphatic rings. The molecule has 3 heterocycles. The molecular weight excluding hydrogens is 450 g/mol. The van der Waals surface area contributed by atoms with Crippen LogP contribution in [-0.4, -0.2) is 47.4 Å². The van der Waals surface area contributed by atoms with Crippen LogP contribution in [-0.2, 0) is 14.3 Å². The summed E-state index contributed by atoms with van der Waals surface area (Å²) in [6.07, 6.45) is 3.67. The van der Waals surface area contributed by atoms with Crippen molar-refractivity contribution >= 4 is 35.2 Å². The van der Waals surface area contributed by atoms with Crippen LogP contribution in [0.3, 0.4) is 0 Å². The van der Waals surface area contributed by atoms with Crippen molar-refractivity contribution in [2.24, 2.45) is 5.92 Å². The summed E-state index contributed by atoms with van der Waals surface area (Å²) in [5, 5.41) is 5.39. The minimum absolute atomic E-state index is 0.128. The predicted octanol–water partition coefficient (Wildman–Crippen LogP) is 3.03. The van der Waals surface area contributed by atoms with E-state index in [-0.39, 0.29) is 23.7 Å². The fourth-order valence-electron chi connectivity index (χ4n) is 4.43. The van der Waals surface area contributed by atoms with Crippen LogP contribution in [0.5, 0.6) is 0 Å². The van der Waals surface area contributed by atoms with E-state index in [2.05, 4.69) is 27.5 Å². The van der Waals surface area contributed by atoms with E-state index in [0.717, 1.165) is 38.8 Å². The number of unbranched alkanes of at least 4 members (excludes halogenated alkanes) is 1. The van der Waals surface area contributed by atoms with Gasteiger partial charge in [0.25, 0.3) is 5.56 Å². The molecule has 10 heteroatoms. The SMILES string of the molecule is CCCCOC(=O)c1ccc(NC(=O)C2CC(=O)Nc3nc(N4CCCC(C)C4)[nH]c(=O)c32)cc1. The Labute approximate surface area is 203 Å². The minimum atomic E-state index is -0.983. The number of benzene rings is 1. The van der Waals surface area contributed by atoms with Gasteiger partial charge in [-0.2, -0.15) is 4.98 Å². The molecule has 186 valence electrons. The summed E-state index contributed by atoms with van der Waals surface area (Å²) >= 11 is 0. The van der Waals surface area contributed by atoms with Crippen molar-refractivity contribution in [1.82, 2.24) is 9.97 Å². The fourth-order valence-corrected chi connectivity index (χ4v) is 4.43. The molecule has 0 spiro atoms. The molecule has 3 N–H and O–H groups in total. The number of aromatic amines is 1. The average Bonchev–Trinajstić information content (AvgIpc) is 2.83. The molecule has 1 aromatic carbocycles. The number of hydrogen-bond acceptors (Lipinski definition) is 7. The normalized spacial score (nSPS) is 19.5. The molecule has 2 aromatic rings. The number of nitrogens with zero attached hydrogens (tertiary/aromatic N) is 2. The molecule has 10 nitrogen and oxygen atoms in total. The van der Waals surface area contributed by atoms with Gasteiger partial charge in [-0.05, 0) is 49.4 Å². The Kier molecular flexibility index (Phi) is 7.48. The van der Waals surface area contributed by atoms with Gasteiger partial charge in [0.1, 0.15) is 5.82 Å². The molecule has 0 saturated carbocycles. The first kappa shape index (κ1) is 24.4. The highest BCUT2D eigenvalue weighted by molar-refractivity contribution is 6.04. The first-order chi connectivity index (χ1) is 16.9. The number of piperidine rings is 1. The maximum Gasteiger partial charge on any atom is 0.338 e. The lowest BCUT2D eigenvalue weighted by Crippen LogP contribution is -2.40. The molecule has 1 fully saturated rings. The number of fused-ring (bicyclic) bond motifs is 1. The summed E-state index contributed by atoms with van der Waals surface area (Å²) < 4.78 is 5.19. The first-order valence-electron chi connectivity index (χ1n) is 12.1. The van der Waals surface area contributed by atoms with E-state index >= 15 is 0 Å². The monoisotopic (exact) mass is 481 g/mol. The number of H-pyrrole nitrogens is 1. The van der Waals surface area contributed by atoms with E-state index in [1.54, 1.807) is 24.3 Å². The lowest BCUT2D eigenvalue weighted by atomic mass is 9.92. The second-order valence-corrected chi connectivity index (χ2v) is 9.21. The Morgan fingerprint density at radius 3 is 2.71 bits per heavy atom. The second kappa shape index (κ2) is 10.7. The van der Waals surface area contributed by atoms with Crippen LogP contribution in [0.1, 0.15) is 67.8 Å². The molecule has 0 aliphatic carbocycles. The zero-order chi connectivity index (χ0) is 24.9. The number of nitrogens with one attached hydrogen (secondary N) is 3. The van der Waals surface area contributed by atoms with E-state index < -0.39 is 23.4 Å². The van der Waals surface area contributed by atoms with E-state index in [1.165, 1.54) is 0 Å². The zero-order valence-corrected chi connectivity index (χ0v) is 20.1. The third kappa shape index (κ3) is 5.70. The van der Waals surface area contributed by atoms with Gasteiger partial charge in [-0.15, -0.1) is 0 Å². The van der Waals surface area contributed by atoms with Gasteiger partial charge >= 0.3 is 5.97 Å². The molecule has 2 atom stereocenters. The number of rotatable bonds is 7. The van der Waals surface area contributed by atoms with Crippen LogP contribution in [0.25, 0.3) is 0 Å². The average molecular weight is 482 g/mol. The molecule has 1 saturated heterocycles. The van der Waals surface area contributed by atoms with Crippen molar-refractivity contribution in [1.29, 1.82) is 0 Å². The third-order valence-corrected chi connectivity index (χ3v) is 6.33. The zero-order valence-electron chi connectivity index (χ0n) is 20.1. The lowest BCUT2D eigenvalue weighted by molar-refractivity contribution is -0.123. The Bertz CT molecular complexity index is 1160. The van der Waals surface area contributed by atoms with Crippen LogP contribution >= 0.6 is 0 Å². The number of aromatic nitrogens is 2. The summed E-state index contributed by atoms with van der Waals surface area (Å²) in [7, 11) is 0. The van der Waals surface area contributed by atoms with E-state index in [1.807, 2.05) is 11.8 Å². The van der Waals surface area contributed by atoms with Crippen LogP contribution < -0.4 is 21.1 Å². The summed E-state index contributed by atoms with van der Waals surface area (Å²) in [6, 6.07) is 6.29. The highest BCUT2D eigenvalue weighted by Crippen LogP contribution is 2.31. The van der Waals surface area contributed by atoms with Crippen LogP contribution in [0.4, 0.5) is 17.5 Å². The molecule has 0 bridgehead atoms. The number of anilines is 3. The number of carbonyl (C=O) groups excluding carboxylic acids is 3. The smallest absolute Gasteiger partial charge is 0.338 e. The van der Waals surface area contributed by atoms with Crippen molar-refractivity contribution in [3.05, 3.63) is 45.7 Å². The molecule has 0 radical (unpaired) electrons. The van der Waals surface area contributed by atoms with E-state index in [9.17, 15) is 19.2 Å². The van der Waals surface area contributed by atoms with Gasteiger partial charge in [-0.3, -0.25) is 19.4 Å². The number of hydrogen-bond donors (Lipinski definition) is 3. The van der Waals surface area contributed by atoms with Crippen molar-refractivity contribution in [3.63, 3.8) is 0 Å². The molecule has 4 rings (SSSR count). The maximum atomic E-state index is 13.1. The third-order valence-electron chi connectivity index (χ3n) is 6.33. The van der Waals surface area contributed by atoms with Gasteiger partial charge in [0, 0.05) is 25.2 Å². The van der Waals surface area contributed by atoms with Gasteiger partial charge in [0.05, 0.1) is 23.7 Å². The van der Waals surface area contributed by atoms with Gasteiger partial charge in [0.15, 0.2) is 0 Å². The highest BCUT2D eigenvalue weighted by atomic mass is 16.5. The summed E-state index contributed by atoms with van der Waals surface area (Å²) in [5.41, 5.74) is 0.526. The predicted molar refractivity (Wildman–Crippen MR) is 132 cm³/mol. The van der Waals surface area contributed by atoms with Gasteiger partial charge in [0.2, 0.25) is 17.8 Å². The Morgan fingerprint density at radius 1 is 1.23 bits per heavy atom. The Balaban J connectivity index is 1.50. The molecule has 1 aromatic heterocycles. The number of esters is 1. The van der Waals surface area contributed by atoms with Crippen molar-refractivity contribution < 1.29 is 19.1 Å². The van der Waals surface area contributed by atoms with Crippen LogP contribution in [0.15, 0.2) is 29.1 Å². The second-order valence-electron chi connectivity index (χ2n) is 9.21. The van der Waals surface area contributed by atoms with Crippen LogP contribution in [0, 0.1) is 5.92 Å². The standard InChI is InChI=1S/C25H31N5O5/c1-3-4-12-35-24(34)16-7-9-17(10-8-16)26-22(32)18-13-19(31)27-21-20(18)23(33)29-25(28-21)30-11-5-6-15(2)14-30/h7-10,15,18H,3-6,11-14H2,1-2H3,(H,26,32)(H2,27,28,29,31,33). The van der Waals surface area contributed by atoms with Gasteiger partial charge in [-0.1, -0.05) is 20.3 Å². The van der Waals surface area contributed by atoms with Crippen LogP contribution in [0.2, 0.25) is 0 Å². The van der Waals surface area contributed by atoms with E-state index in [4.69, 9.17) is 4.74 Å². The molecular formula is C25H31N5O5. The van der Waals surface area contributed by atoms with Crippen molar-refractivity contribution in [3.8, 4) is 0 Å². The molecule has 2 amide bonds. The van der Waals surface area contributed by atoms with Gasteiger partial charge < -0.3 is 20.3 Å². The molecule has 2 unspecified atom stereocenters.